The van der Waals surface area contributed by atoms with Gasteiger partial charge in [-0.25, -0.2) is 4.79 Å². The van der Waals surface area contributed by atoms with Gasteiger partial charge >= 0.3 is 11.9 Å². The fourth-order valence-electron chi connectivity index (χ4n) is 2.12. The van der Waals surface area contributed by atoms with Gasteiger partial charge < -0.3 is 10.1 Å². The monoisotopic (exact) mass is 269 g/mol. The molecule has 0 amide bonds. The molecule has 1 fully saturated rings. The Bertz CT molecular complexity index is 436. The molecule has 0 aliphatic carbocycles. The SMILES string of the molecule is CC(CNCC1CC(F)(F)C(=O)O1)c1ccccc1. The molecule has 0 spiro atoms. The predicted octanol–water partition coefficient (Wildman–Crippen LogP) is 2.33. The summed E-state index contributed by atoms with van der Waals surface area (Å²) >= 11 is 0. The van der Waals surface area contributed by atoms with Crippen molar-refractivity contribution in [3.8, 4) is 0 Å². The highest BCUT2D eigenvalue weighted by Gasteiger charge is 2.50. The first-order valence-corrected chi connectivity index (χ1v) is 6.33. The molecule has 2 atom stereocenters. The Labute approximate surface area is 111 Å². The van der Waals surface area contributed by atoms with Crippen LogP contribution in [0.4, 0.5) is 8.78 Å². The number of rotatable bonds is 5. The number of benzene rings is 1. The van der Waals surface area contributed by atoms with Gasteiger partial charge in [0.05, 0.1) is 6.42 Å². The van der Waals surface area contributed by atoms with Gasteiger partial charge in [0, 0.05) is 13.1 Å². The zero-order valence-electron chi connectivity index (χ0n) is 10.7. The molecule has 19 heavy (non-hydrogen) atoms. The van der Waals surface area contributed by atoms with Crippen LogP contribution in [0.1, 0.15) is 24.8 Å². The summed E-state index contributed by atoms with van der Waals surface area (Å²) in [6.45, 7) is 2.97. The van der Waals surface area contributed by atoms with Gasteiger partial charge in [0.25, 0.3) is 0 Å². The van der Waals surface area contributed by atoms with Gasteiger partial charge in [-0.15, -0.1) is 0 Å². The van der Waals surface area contributed by atoms with Crippen molar-refractivity contribution in [2.45, 2.75) is 31.3 Å². The van der Waals surface area contributed by atoms with Gasteiger partial charge in [0.1, 0.15) is 6.10 Å². The molecule has 3 nitrogen and oxygen atoms in total. The van der Waals surface area contributed by atoms with E-state index in [1.807, 2.05) is 30.3 Å². The molecule has 0 bridgehead atoms. The number of hydrogen-bond acceptors (Lipinski definition) is 3. The summed E-state index contributed by atoms with van der Waals surface area (Å²) in [6.07, 6.45) is -1.26. The number of hydrogen-bond donors (Lipinski definition) is 1. The summed E-state index contributed by atoms with van der Waals surface area (Å²) in [7, 11) is 0. The van der Waals surface area contributed by atoms with E-state index >= 15 is 0 Å². The predicted molar refractivity (Wildman–Crippen MR) is 67.2 cm³/mol. The number of halogens is 2. The first-order chi connectivity index (χ1) is 8.99. The Hall–Kier alpha value is -1.49. The summed E-state index contributed by atoms with van der Waals surface area (Å²) in [5, 5.41) is 3.07. The second-order valence-electron chi connectivity index (χ2n) is 4.91. The average molecular weight is 269 g/mol. The van der Waals surface area contributed by atoms with Crippen molar-refractivity contribution in [2.75, 3.05) is 13.1 Å². The van der Waals surface area contributed by atoms with Crippen LogP contribution in [-0.4, -0.2) is 31.1 Å². The number of esters is 1. The van der Waals surface area contributed by atoms with Crippen molar-refractivity contribution < 1.29 is 18.3 Å². The molecule has 1 aliphatic rings. The quantitative estimate of drug-likeness (QED) is 0.834. The lowest BCUT2D eigenvalue weighted by Crippen LogP contribution is -2.30. The molecule has 0 aromatic heterocycles. The molecule has 0 radical (unpaired) electrons. The fourth-order valence-corrected chi connectivity index (χ4v) is 2.12. The Morgan fingerprint density at radius 3 is 2.68 bits per heavy atom. The van der Waals surface area contributed by atoms with Gasteiger partial charge in [-0.1, -0.05) is 37.3 Å². The molecule has 2 unspecified atom stereocenters. The molecule has 1 aliphatic heterocycles. The summed E-state index contributed by atoms with van der Waals surface area (Å²) in [5.41, 5.74) is 1.18. The Morgan fingerprint density at radius 2 is 2.11 bits per heavy atom. The molecular weight excluding hydrogens is 252 g/mol. The molecule has 1 aromatic rings. The lowest BCUT2D eigenvalue weighted by Gasteiger charge is -2.15. The minimum Gasteiger partial charge on any atom is -0.456 e. The van der Waals surface area contributed by atoms with Crippen molar-refractivity contribution in [3.63, 3.8) is 0 Å². The van der Waals surface area contributed by atoms with Crippen molar-refractivity contribution >= 4 is 5.97 Å². The van der Waals surface area contributed by atoms with E-state index in [1.54, 1.807) is 0 Å². The molecule has 1 saturated heterocycles. The number of nitrogens with one attached hydrogen (secondary N) is 1. The van der Waals surface area contributed by atoms with Crippen LogP contribution in [0.5, 0.6) is 0 Å². The normalized spacial score (nSPS) is 23.1. The van der Waals surface area contributed by atoms with Crippen LogP contribution < -0.4 is 5.32 Å². The molecule has 2 rings (SSSR count). The highest BCUT2D eigenvalue weighted by atomic mass is 19.3. The Kier molecular flexibility index (Phi) is 4.14. The molecule has 104 valence electrons. The van der Waals surface area contributed by atoms with E-state index in [4.69, 9.17) is 0 Å². The highest BCUT2D eigenvalue weighted by molar-refractivity contribution is 5.79. The number of carbonyl (C=O) groups is 1. The van der Waals surface area contributed by atoms with E-state index in [2.05, 4.69) is 17.0 Å². The summed E-state index contributed by atoms with van der Waals surface area (Å²) < 4.78 is 30.5. The van der Waals surface area contributed by atoms with E-state index in [0.29, 0.717) is 6.54 Å². The molecule has 1 aromatic carbocycles. The largest absolute Gasteiger partial charge is 0.456 e. The van der Waals surface area contributed by atoms with Crippen LogP contribution in [0.25, 0.3) is 0 Å². The molecular formula is C14H17F2NO2. The maximum atomic E-state index is 12.9. The van der Waals surface area contributed by atoms with Gasteiger partial charge in [-0.3, -0.25) is 0 Å². The molecule has 1 heterocycles. The van der Waals surface area contributed by atoms with E-state index in [9.17, 15) is 13.6 Å². The summed E-state index contributed by atoms with van der Waals surface area (Å²) in [4.78, 5) is 10.8. The summed E-state index contributed by atoms with van der Waals surface area (Å²) in [5.74, 6) is -4.45. The van der Waals surface area contributed by atoms with Crippen LogP contribution in [0.2, 0.25) is 0 Å². The number of cyclic esters (lactones) is 1. The van der Waals surface area contributed by atoms with Gasteiger partial charge in [0.2, 0.25) is 0 Å². The van der Waals surface area contributed by atoms with E-state index in [-0.39, 0.29) is 12.5 Å². The molecule has 1 N–H and O–H groups in total. The third-order valence-electron chi connectivity index (χ3n) is 3.25. The van der Waals surface area contributed by atoms with Gasteiger partial charge in [-0.05, 0) is 11.5 Å². The van der Waals surface area contributed by atoms with Gasteiger partial charge in [0.15, 0.2) is 0 Å². The smallest absolute Gasteiger partial charge is 0.377 e. The first kappa shape index (κ1) is 13.9. The lowest BCUT2D eigenvalue weighted by molar-refractivity contribution is -0.159. The van der Waals surface area contributed by atoms with E-state index in [1.165, 1.54) is 5.56 Å². The average Bonchev–Trinajstić information content (AvgIpc) is 2.64. The topological polar surface area (TPSA) is 38.3 Å². The van der Waals surface area contributed by atoms with Crippen molar-refractivity contribution in [1.29, 1.82) is 0 Å². The second-order valence-corrected chi connectivity index (χ2v) is 4.91. The van der Waals surface area contributed by atoms with Crippen molar-refractivity contribution in [1.82, 2.24) is 5.32 Å². The van der Waals surface area contributed by atoms with Crippen LogP contribution in [0.3, 0.4) is 0 Å². The first-order valence-electron chi connectivity index (χ1n) is 6.33. The van der Waals surface area contributed by atoms with Gasteiger partial charge in [-0.2, -0.15) is 8.78 Å². The highest BCUT2D eigenvalue weighted by Crippen LogP contribution is 2.30. The van der Waals surface area contributed by atoms with Crippen molar-refractivity contribution in [3.05, 3.63) is 35.9 Å². The number of ether oxygens (including phenoxy) is 1. The Morgan fingerprint density at radius 1 is 1.42 bits per heavy atom. The van der Waals surface area contributed by atoms with Crippen LogP contribution in [0.15, 0.2) is 30.3 Å². The maximum Gasteiger partial charge on any atom is 0.377 e. The summed E-state index contributed by atoms with van der Waals surface area (Å²) in [6, 6.07) is 9.92. The molecule has 5 heteroatoms. The minimum atomic E-state index is -3.32. The van der Waals surface area contributed by atoms with Crippen LogP contribution in [0, 0.1) is 0 Å². The fraction of sp³-hybridized carbons (Fsp3) is 0.500. The van der Waals surface area contributed by atoms with Crippen LogP contribution in [-0.2, 0) is 9.53 Å². The third kappa shape index (κ3) is 3.50. The number of alkyl halides is 2. The third-order valence-corrected chi connectivity index (χ3v) is 3.25. The maximum absolute atomic E-state index is 12.9. The second kappa shape index (κ2) is 5.65. The van der Waals surface area contributed by atoms with Crippen LogP contribution >= 0.6 is 0 Å². The van der Waals surface area contributed by atoms with Crippen molar-refractivity contribution in [2.24, 2.45) is 0 Å². The lowest BCUT2D eigenvalue weighted by atomic mass is 10.0. The van der Waals surface area contributed by atoms with E-state index in [0.717, 1.165) is 0 Å². The zero-order chi connectivity index (χ0) is 13.9. The van der Waals surface area contributed by atoms with E-state index < -0.39 is 24.4 Å². The Balaban J connectivity index is 1.75. The minimum absolute atomic E-state index is 0.262. The number of carbonyl (C=O) groups excluding carboxylic acids is 1. The standard InChI is InChI=1S/C14H17F2NO2/c1-10(11-5-3-2-4-6-11)8-17-9-12-7-14(15,16)13(18)19-12/h2-6,10,12,17H,7-9H2,1H3. The molecule has 0 saturated carbocycles. The zero-order valence-corrected chi connectivity index (χ0v) is 10.7.